The van der Waals surface area contributed by atoms with Crippen LogP contribution in [0, 0.1) is 7.14 Å². The second-order valence-corrected chi connectivity index (χ2v) is 8.44. The third-order valence-electron chi connectivity index (χ3n) is 3.96. The molecule has 0 heterocycles. The van der Waals surface area contributed by atoms with E-state index in [4.69, 9.17) is 20.7 Å². The van der Waals surface area contributed by atoms with E-state index in [0.717, 1.165) is 24.7 Å². The number of aliphatic hydroxyl groups is 1. The minimum absolute atomic E-state index is 0.130. The fraction of sp³-hybridized carbons (Fsp3) is 0.316. The molecular formula is C19H21I2NO5. The number of hydrogen-bond acceptors (Lipinski definition) is 5. The van der Waals surface area contributed by atoms with E-state index in [9.17, 15) is 9.90 Å². The first-order valence-corrected chi connectivity index (χ1v) is 10.5. The van der Waals surface area contributed by atoms with Crippen LogP contribution >= 0.6 is 45.2 Å². The molecule has 0 aromatic heterocycles. The molecule has 0 radical (unpaired) electrons. The molecule has 0 amide bonds. The molecule has 2 aromatic carbocycles. The lowest BCUT2D eigenvalue weighted by atomic mass is 10.1. The Bertz CT molecular complexity index is 790. The van der Waals surface area contributed by atoms with E-state index in [1.807, 2.05) is 12.1 Å². The highest BCUT2D eigenvalue weighted by atomic mass is 127. The molecule has 146 valence electrons. The fourth-order valence-corrected chi connectivity index (χ4v) is 4.66. The van der Waals surface area contributed by atoms with E-state index in [1.165, 1.54) is 0 Å². The van der Waals surface area contributed by atoms with Crippen molar-refractivity contribution in [1.29, 1.82) is 0 Å². The van der Waals surface area contributed by atoms with E-state index in [2.05, 4.69) is 45.2 Å². The number of carboxylic acid groups (broad SMARTS) is 1. The fourth-order valence-electron chi connectivity index (χ4n) is 2.54. The monoisotopic (exact) mass is 597 g/mol. The summed E-state index contributed by atoms with van der Waals surface area (Å²) in [6.45, 7) is 0.130. The molecule has 0 fully saturated rings. The number of phenols is 1. The van der Waals surface area contributed by atoms with Crippen molar-refractivity contribution in [2.24, 2.45) is 5.73 Å². The Hall–Kier alpha value is -1.11. The van der Waals surface area contributed by atoms with Crippen molar-refractivity contribution >= 4 is 51.2 Å². The molecule has 1 atom stereocenters. The zero-order chi connectivity index (χ0) is 20.0. The number of ether oxygens (including phenoxy) is 1. The lowest BCUT2D eigenvalue weighted by Crippen LogP contribution is -2.32. The van der Waals surface area contributed by atoms with Gasteiger partial charge in [0.2, 0.25) is 0 Å². The maximum atomic E-state index is 10.9. The Balaban J connectivity index is 2.19. The van der Waals surface area contributed by atoms with E-state index >= 15 is 0 Å². The van der Waals surface area contributed by atoms with E-state index in [0.29, 0.717) is 24.3 Å². The number of aryl methyl sites for hydroxylation is 1. The summed E-state index contributed by atoms with van der Waals surface area (Å²) in [6.07, 6.45) is 2.36. The van der Waals surface area contributed by atoms with Crippen LogP contribution in [0.3, 0.4) is 0 Å². The van der Waals surface area contributed by atoms with Gasteiger partial charge in [0, 0.05) is 6.61 Å². The third-order valence-corrected chi connectivity index (χ3v) is 5.56. The summed E-state index contributed by atoms with van der Waals surface area (Å²) in [7, 11) is 0. The molecule has 8 heteroatoms. The topological polar surface area (TPSA) is 113 Å². The molecule has 5 N–H and O–H groups in total. The van der Waals surface area contributed by atoms with Gasteiger partial charge in [0.1, 0.15) is 17.5 Å². The van der Waals surface area contributed by atoms with Crippen LogP contribution in [-0.2, 0) is 17.6 Å². The number of benzene rings is 2. The lowest BCUT2D eigenvalue weighted by molar-refractivity contribution is -0.138. The van der Waals surface area contributed by atoms with Gasteiger partial charge in [-0.3, -0.25) is 4.79 Å². The van der Waals surface area contributed by atoms with Gasteiger partial charge in [-0.2, -0.15) is 0 Å². The van der Waals surface area contributed by atoms with Crippen LogP contribution in [0.2, 0.25) is 0 Å². The van der Waals surface area contributed by atoms with Gasteiger partial charge < -0.3 is 25.8 Å². The number of carbonyl (C=O) groups is 1. The Morgan fingerprint density at radius 2 is 1.81 bits per heavy atom. The number of carboxylic acids is 1. The normalized spacial score (nSPS) is 12.0. The van der Waals surface area contributed by atoms with Gasteiger partial charge in [0.15, 0.2) is 5.75 Å². The van der Waals surface area contributed by atoms with Crippen LogP contribution in [0.1, 0.15) is 24.0 Å². The number of aliphatic carboxylic acids is 1. The minimum atomic E-state index is -1.03. The van der Waals surface area contributed by atoms with Crippen molar-refractivity contribution in [3.63, 3.8) is 0 Å². The van der Waals surface area contributed by atoms with Crippen molar-refractivity contribution in [2.75, 3.05) is 6.61 Å². The quantitative estimate of drug-likeness (QED) is 0.260. The van der Waals surface area contributed by atoms with Gasteiger partial charge >= 0.3 is 5.97 Å². The Kier molecular flexibility index (Phi) is 8.58. The summed E-state index contributed by atoms with van der Waals surface area (Å²) >= 11 is 4.30. The van der Waals surface area contributed by atoms with Crippen molar-refractivity contribution in [2.45, 2.75) is 31.7 Å². The predicted molar refractivity (Wildman–Crippen MR) is 119 cm³/mol. The Morgan fingerprint density at radius 3 is 2.41 bits per heavy atom. The number of unbranched alkanes of at least 4 members (excludes halogenated alkanes) is 1. The first kappa shape index (κ1) is 22.2. The molecule has 0 saturated carbocycles. The summed E-state index contributed by atoms with van der Waals surface area (Å²) in [4.78, 5) is 10.9. The molecule has 0 aliphatic carbocycles. The highest BCUT2D eigenvalue weighted by molar-refractivity contribution is 14.1. The Labute approximate surface area is 185 Å². The molecular weight excluding hydrogens is 576 g/mol. The summed E-state index contributed by atoms with van der Waals surface area (Å²) in [6, 6.07) is 7.89. The average Bonchev–Trinajstić information content (AvgIpc) is 2.60. The van der Waals surface area contributed by atoms with Crippen LogP contribution in [0.5, 0.6) is 17.2 Å². The molecule has 1 unspecified atom stereocenters. The van der Waals surface area contributed by atoms with Crippen molar-refractivity contribution in [3.05, 3.63) is 48.6 Å². The van der Waals surface area contributed by atoms with Crippen LogP contribution in [0.25, 0.3) is 0 Å². The van der Waals surface area contributed by atoms with Crippen molar-refractivity contribution < 1.29 is 24.9 Å². The van der Waals surface area contributed by atoms with Crippen LogP contribution in [-0.4, -0.2) is 33.9 Å². The Morgan fingerprint density at radius 1 is 1.15 bits per heavy atom. The largest absolute Gasteiger partial charge is 0.508 e. The van der Waals surface area contributed by atoms with Gasteiger partial charge in [-0.1, -0.05) is 0 Å². The smallest absolute Gasteiger partial charge is 0.320 e. The van der Waals surface area contributed by atoms with E-state index in [-0.39, 0.29) is 18.8 Å². The average molecular weight is 597 g/mol. The maximum Gasteiger partial charge on any atom is 0.320 e. The van der Waals surface area contributed by atoms with Gasteiger partial charge in [-0.25, -0.2) is 0 Å². The van der Waals surface area contributed by atoms with Crippen molar-refractivity contribution in [3.8, 4) is 17.2 Å². The lowest BCUT2D eigenvalue weighted by Gasteiger charge is -2.14. The van der Waals surface area contributed by atoms with Gasteiger partial charge in [-0.15, -0.1) is 0 Å². The zero-order valence-corrected chi connectivity index (χ0v) is 18.8. The second-order valence-electron chi connectivity index (χ2n) is 6.11. The summed E-state index contributed by atoms with van der Waals surface area (Å²) < 4.78 is 7.72. The highest BCUT2D eigenvalue weighted by Crippen LogP contribution is 2.35. The second kappa shape index (κ2) is 10.4. The summed E-state index contributed by atoms with van der Waals surface area (Å²) in [5.74, 6) is 0.467. The molecule has 2 aromatic rings. The van der Waals surface area contributed by atoms with Crippen LogP contribution < -0.4 is 10.5 Å². The number of phenolic OH excluding ortho intramolecular Hbond substituents is 1. The molecule has 6 nitrogen and oxygen atoms in total. The molecule has 0 saturated heterocycles. The SMILES string of the molecule is NC(Cc1cc(I)c(Oc2ccc(O)c(CCCCO)c2)c(I)c1)C(=O)O. The minimum Gasteiger partial charge on any atom is -0.508 e. The molecule has 0 spiro atoms. The number of aromatic hydroxyl groups is 1. The highest BCUT2D eigenvalue weighted by Gasteiger charge is 2.16. The van der Waals surface area contributed by atoms with E-state index < -0.39 is 12.0 Å². The number of rotatable bonds is 9. The van der Waals surface area contributed by atoms with Crippen LogP contribution in [0.4, 0.5) is 0 Å². The number of halogens is 2. The molecule has 27 heavy (non-hydrogen) atoms. The summed E-state index contributed by atoms with van der Waals surface area (Å²) in [5.41, 5.74) is 7.22. The number of aliphatic hydroxyl groups excluding tert-OH is 1. The first-order chi connectivity index (χ1) is 12.8. The third kappa shape index (κ3) is 6.47. The molecule has 0 aliphatic rings. The standard InChI is InChI=1S/C19H21I2NO5/c20-14-7-11(9-16(22)19(25)26)8-15(21)18(14)27-13-4-5-17(24)12(10-13)3-1-2-6-23/h4-5,7-8,10,16,23-24H,1-3,6,9,22H2,(H,25,26). The molecule has 0 bridgehead atoms. The van der Waals surface area contributed by atoms with Crippen molar-refractivity contribution in [1.82, 2.24) is 0 Å². The van der Waals surface area contributed by atoms with E-state index in [1.54, 1.807) is 18.2 Å². The zero-order valence-electron chi connectivity index (χ0n) is 14.5. The predicted octanol–water partition coefficient (Wildman–Crippen LogP) is 3.66. The number of hydrogen-bond donors (Lipinski definition) is 4. The van der Waals surface area contributed by atoms with Gasteiger partial charge in [-0.05, 0) is 112 Å². The first-order valence-electron chi connectivity index (χ1n) is 8.38. The van der Waals surface area contributed by atoms with Crippen LogP contribution in [0.15, 0.2) is 30.3 Å². The summed E-state index contributed by atoms with van der Waals surface area (Å²) in [5, 5.41) is 27.9. The molecule has 0 aliphatic heterocycles. The number of nitrogens with two attached hydrogens (primary N) is 1. The van der Waals surface area contributed by atoms with Gasteiger partial charge in [0.05, 0.1) is 7.14 Å². The maximum absolute atomic E-state index is 10.9. The molecule has 2 rings (SSSR count). The van der Waals surface area contributed by atoms with Gasteiger partial charge in [0.25, 0.3) is 0 Å².